The van der Waals surface area contributed by atoms with Gasteiger partial charge in [-0.25, -0.2) is 9.48 Å². The number of aromatic nitrogens is 3. The van der Waals surface area contributed by atoms with Gasteiger partial charge in [0.15, 0.2) is 5.69 Å². The van der Waals surface area contributed by atoms with E-state index in [0.29, 0.717) is 5.69 Å². The molecule has 1 heterocycles. The molecule has 0 bridgehead atoms. The minimum atomic E-state index is -0.570. The van der Waals surface area contributed by atoms with Crippen LogP contribution >= 0.6 is 0 Å². The zero-order valence-electron chi connectivity index (χ0n) is 10.8. The fourth-order valence-electron chi connectivity index (χ4n) is 1.59. The van der Waals surface area contributed by atoms with Crippen molar-refractivity contribution in [3.05, 3.63) is 11.4 Å². The van der Waals surface area contributed by atoms with Crippen molar-refractivity contribution in [1.82, 2.24) is 15.0 Å². The van der Waals surface area contributed by atoms with Crippen molar-refractivity contribution in [1.29, 1.82) is 0 Å². The number of hydrogen-bond acceptors (Lipinski definition) is 5. The van der Waals surface area contributed by atoms with Crippen molar-refractivity contribution >= 4 is 5.97 Å². The molecule has 0 fully saturated rings. The van der Waals surface area contributed by atoms with E-state index in [2.05, 4.69) is 15.0 Å². The summed E-state index contributed by atoms with van der Waals surface area (Å²) in [6, 6.07) is -0.238. The smallest absolute Gasteiger partial charge is 0.360 e. The average Bonchev–Trinajstić information content (AvgIpc) is 2.71. The molecule has 0 aliphatic rings. The van der Waals surface area contributed by atoms with Gasteiger partial charge in [-0.05, 0) is 19.8 Å². The van der Waals surface area contributed by atoms with Gasteiger partial charge < -0.3 is 9.84 Å². The van der Waals surface area contributed by atoms with E-state index in [9.17, 15) is 9.90 Å². The number of rotatable bonds is 4. The van der Waals surface area contributed by atoms with E-state index in [1.165, 1.54) is 7.11 Å². The minimum Gasteiger partial charge on any atom is -0.464 e. The van der Waals surface area contributed by atoms with E-state index < -0.39 is 12.1 Å². The third-order valence-corrected chi connectivity index (χ3v) is 2.74. The summed E-state index contributed by atoms with van der Waals surface area (Å²) >= 11 is 0. The highest BCUT2D eigenvalue weighted by molar-refractivity contribution is 5.88. The van der Waals surface area contributed by atoms with Gasteiger partial charge >= 0.3 is 5.97 Å². The first-order valence-electron chi connectivity index (χ1n) is 5.61. The highest BCUT2D eigenvalue weighted by atomic mass is 16.5. The lowest BCUT2D eigenvalue weighted by atomic mass is 10.1. The second-order valence-electron chi connectivity index (χ2n) is 4.40. The number of nitrogens with zero attached hydrogens (tertiary/aromatic N) is 3. The lowest BCUT2D eigenvalue weighted by molar-refractivity contribution is 0.0591. The van der Waals surface area contributed by atoms with E-state index in [-0.39, 0.29) is 17.7 Å². The molecular formula is C11H19N3O3. The molecule has 1 N–H and O–H groups in total. The number of aliphatic hydroxyl groups excluding tert-OH is 1. The summed E-state index contributed by atoms with van der Waals surface area (Å²) in [6.07, 6.45) is -0.570. The molecule has 0 aromatic carbocycles. The SMILES string of the molecule is COC(=O)c1nnn(C(C)C(C)O)c1C(C)C. The number of ether oxygens (including phenoxy) is 1. The maximum absolute atomic E-state index is 11.5. The van der Waals surface area contributed by atoms with E-state index in [0.717, 1.165) is 0 Å². The third kappa shape index (κ3) is 2.63. The van der Waals surface area contributed by atoms with Crippen molar-refractivity contribution < 1.29 is 14.6 Å². The fraction of sp³-hybridized carbons (Fsp3) is 0.727. The van der Waals surface area contributed by atoms with Crippen molar-refractivity contribution in [2.45, 2.75) is 45.8 Å². The van der Waals surface area contributed by atoms with E-state index in [1.807, 2.05) is 20.8 Å². The zero-order chi connectivity index (χ0) is 13.2. The first kappa shape index (κ1) is 13.6. The Hall–Kier alpha value is -1.43. The van der Waals surface area contributed by atoms with Crippen LogP contribution in [0.15, 0.2) is 0 Å². The van der Waals surface area contributed by atoms with Crippen LogP contribution in [0.3, 0.4) is 0 Å². The largest absolute Gasteiger partial charge is 0.464 e. The predicted molar refractivity (Wildman–Crippen MR) is 61.8 cm³/mol. The standard InChI is InChI=1S/C11H19N3O3/c1-6(2)10-9(11(16)17-5)12-13-14(10)7(3)8(4)15/h6-8,15H,1-5H3. The molecule has 0 spiro atoms. The van der Waals surface area contributed by atoms with Gasteiger partial charge in [0.25, 0.3) is 0 Å². The third-order valence-electron chi connectivity index (χ3n) is 2.74. The van der Waals surface area contributed by atoms with Crippen LogP contribution in [0, 0.1) is 0 Å². The second kappa shape index (κ2) is 5.27. The fourth-order valence-corrected chi connectivity index (χ4v) is 1.59. The molecule has 0 aliphatic carbocycles. The van der Waals surface area contributed by atoms with Gasteiger partial charge in [-0.3, -0.25) is 0 Å². The molecule has 0 saturated heterocycles. The summed E-state index contributed by atoms with van der Waals surface area (Å²) in [5.41, 5.74) is 0.903. The highest BCUT2D eigenvalue weighted by Crippen LogP contribution is 2.23. The van der Waals surface area contributed by atoms with E-state index >= 15 is 0 Å². The Morgan fingerprint density at radius 1 is 1.35 bits per heavy atom. The van der Waals surface area contributed by atoms with Crippen molar-refractivity contribution in [2.24, 2.45) is 0 Å². The number of aliphatic hydroxyl groups is 1. The minimum absolute atomic E-state index is 0.0697. The van der Waals surface area contributed by atoms with Crippen molar-refractivity contribution in [3.8, 4) is 0 Å². The Kier molecular flexibility index (Phi) is 4.22. The molecule has 2 atom stereocenters. The van der Waals surface area contributed by atoms with E-state index in [4.69, 9.17) is 0 Å². The summed E-state index contributed by atoms with van der Waals surface area (Å²) in [7, 11) is 1.31. The predicted octanol–water partition coefficient (Wildman–Crippen LogP) is 1.13. The van der Waals surface area contributed by atoms with Gasteiger partial charge in [-0.2, -0.15) is 0 Å². The number of carbonyl (C=O) groups is 1. The first-order valence-corrected chi connectivity index (χ1v) is 5.61. The summed E-state index contributed by atoms with van der Waals surface area (Å²) in [5.74, 6) is -0.432. The van der Waals surface area contributed by atoms with Crippen LogP contribution in [0.5, 0.6) is 0 Å². The number of carbonyl (C=O) groups excluding carboxylic acids is 1. The molecule has 1 aromatic heterocycles. The van der Waals surface area contributed by atoms with Gasteiger partial charge in [0.2, 0.25) is 0 Å². The molecule has 0 amide bonds. The van der Waals surface area contributed by atoms with Crippen LogP contribution < -0.4 is 0 Å². The molecule has 0 radical (unpaired) electrons. The lowest BCUT2D eigenvalue weighted by Gasteiger charge is -2.19. The van der Waals surface area contributed by atoms with Crippen LogP contribution in [0.4, 0.5) is 0 Å². The number of methoxy groups -OCH3 is 1. The number of esters is 1. The van der Waals surface area contributed by atoms with Crippen LogP contribution in [-0.4, -0.2) is 39.3 Å². The summed E-state index contributed by atoms with van der Waals surface area (Å²) < 4.78 is 6.25. The van der Waals surface area contributed by atoms with Gasteiger partial charge in [-0.1, -0.05) is 19.1 Å². The van der Waals surface area contributed by atoms with Crippen molar-refractivity contribution in [3.63, 3.8) is 0 Å². The molecule has 2 unspecified atom stereocenters. The highest BCUT2D eigenvalue weighted by Gasteiger charge is 2.26. The topological polar surface area (TPSA) is 77.2 Å². The molecule has 0 saturated carbocycles. The molecule has 6 heteroatoms. The Morgan fingerprint density at radius 3 is 2.35 bits per heavy atom. The quantitative estimate of drug-likeness (QED) is 0.799. The number of hydrogen-bond donors (Lipinski definition) is 1. The molecule has 0 aliphatic heterocycles. The van der Waals surface area contributed by atoms with Crippen LogP contribution in [0.25, 0.3) is 0 Å². The Morgan fingerprint density at radius 2 is 1.94 bits per heavy atom. The van der Waals surface area contributed by atoms with Gasteiger partial charge in [0.05, 0.1) is 24.9 Å². The molecule has 6 nitrogen and oxygen atoms in total. The Bertz CT molecular complexity index is 399. The van der Waals surface area contributed by atoms with Gasteiger partial charge in [0.1, 0.15) is 0 Å². The monoisotopic (exact) mass is 241 g/mol. The van der Waals surface area contributed by atoms with Crippen LogP contribution in [-0.2, 0) is 4.74 Å². The lowest BCUT2D eigenvalue weighted by Crippen LogP contribution is -2.22. The summed E-state index contributed by atoms with van der Waals surface area (Å²) in [6.45, 7) is 7.38. The van der Waals surface area contributed by atoms with Crippen LogP contribution in [0.2, 0.25) is 0 Å². The molecule has 1 aromatic rings. The average molecular weight is 241 g/mol. The summed E-state index contributed by atoms with van der Waals surface area (Å²) in [5, 5.41) is 17.4. The van der Waals surface area contributed by atoms with Crippen LogP contribution in [0.1, 0.15) is 55.8 Å². The zero-order valence-corrected chi connectivity index (χ0v) is 10.8. The van der Waals surface area contributed by atoms with Crippen molar-refractivity contribution in [2.75, 3.05) is 7.11 Å². The first-order chi connectivity index (χ1) is 7.90. The van der Waals surface area contributed by atoms with Gasteiger partial charge in [-0.15, -0.1) is 5.10 Å². The molecule has 96 valence electrons. The molecule has 17 heavy (non-hydrogen) atoms. The Balaban J connectivity index is 3.24. The second-order valence-corrected chi connectivity index (χ2v) is 4.40. The maximum Gasteiger partial charge on any atom is 0.360 e. The normalized spacial score (nSPS) is 14.8. The molecular weight excluding hydrogens is 222 g/mol. The summed E-state index contributed by atoms with van der Waals surface area (Å²) in [4.78, 5) is 11.5. The van der Waals surface area contributed by atoms with E-state index in [1.54, 1.807) is 11.6 Å². The van der Waals surface area contributed by atoms with Gasteiger partial charge in [0, 0.05) is 0 Å². The maximum atomic E-state index is 11.5. The Labute approximate surface area is 101 Å². The molecule has 1 rings (SSSR count).